The zero-order valence-electron chi connectivity index (χ0n) is 12.3. The highest BCUT2D eigenvalue weighted by Crippen LogP contribution is 2.41. The second kappa shape index (κ2) is 5.16. The normalized spacial score (nSPS) is 30.2. The van der Waals surface area contributed by atoms with E-state index in [1.165, 1.54) is 48.8 Å². The maximum absolute atomic E-state index is 5.68. The van der Waals surface area contributed by atoms with Crippen molar-refractivity contribution >= 4 is 0 Å². The zero-order valence-corrected chi connectivity index (χ0v) is 12.3. The molecule has 2 nitrogen and oxygen atoms in total. The van der Waals surface area contributed by atoms with Gasteiger partial charge in [-0.3, -0.25) is 0 Å². The summed E-state index contributed by atoms with van der Waals surface area (Å²) in [5.74, 6) is 2.02. The van der Waals surface area contributed by atoms with E-state index in [0.717, 1.165) is 17.7 Å². The van der Waals surface area contributed by atoms with Crippen LogP contribution < -0.4 is 10.1 Å². The Morgan fingerprint density at radius 2 is 1.95 bits per heavy atom. The predicted octanol–water partition coefficient (Wildman–Crippen LogP) is 3.91. The SMILES string of the molecule is COc1c(C2CCC3CCCC3N2)ccc(C)c1C. The number of aryl methyl sites for hydroxylation is 1. The van der Waals surface area contributed by atoms with E-state index in [9.17, 15) is 0 Å². The molecule has 1 saturated heterocycles. The maximum atomic E-state index is 5.68. The molecule has 3 rings (SSSR count). The zero-order chi connectivity index (χ0) is 13.4. The second-order valence-electron chi connectivity index (χ2n) is 6.22. The van der Waals surface area contributed by atoms with E-state index in [4.69, 9.17) is 4.74 Å². The van der Waals surface area contributed by atoms with Gasteiger partial charge in [-0.2, -0.15) is 0 Å². The van der Waals surface area contributed by atoms with E-state index in [-0.39, 0.29) is 0 Å². The molecule has 104 valence electrons. The summed E-state index contributed by atoms with van der Waals surface area (Å²) in [6.45, 7) is 4.32. The van der Waals surface area contributed by atoms with E-state index >= 15 is 0 Å². The number of hydrogen-bond acceptors (Lipinski definition) is 2. The van der Waals surface area contributed by atoms with E-state index in [0.29, 0.717) is 6.04 Å². The number of rotatable bonds is 2. The summed E-state index contributed by atoms with van der Waals surface area (Å²) in [6.07, 6.45) is 6.81. The summed E-state index contributed by atoms with van der Waals surface area (Å²) in [5, 5.41) is 3.87. The molecule has 0 radical (unpaired) electrons. The van der Waals surface area contributed by atoms with Gasteiger partial charge < -0.3 is 10.1 Å². The Labute approximate surface area is 116 Å². The van der Waals surface area contributed by atoms with Crippen LogP contribution in [0.25, 0.3) is 0 Å². The van der Waals surface area contributed by atoms with Crippen LogP contribution in [0.5, 0.6) is 5.75 Å². The number of ether oxygens (including phenoxy) is 1. The van der Waals surface area contributed by atoms with Crippen molar-refractivity contribution in [1.29, 1.82) is 0 Å². The molecule has 2 heteroatoms. The molecular formula is C17H25NO. The maximum Gasteiger partial charge on any atom is 0.126 e. The van der Waals surface area contributed by atoms with Crippen LogP contribution in [0, 0.1) is 19.8 Å². The first-order valence-corrected chi connectivity index (χ1v) is 7.61. The lowest BCUT2D eigenvalue weighted by molar-refractivity contribution is 0.256. The lowest BCUT2D eigenvalue weighted by Crippen LogP contribution is -2.40. The van der Waals surface area contributed by atoms with Gasteiger partial charge in [-0.1, -0.05) is 18.6 Å². The fraction of sp³-hybridized carbons (Fsp3) is 0.647. The van der Waals surface area contributed by atoms with Crippen molar-refractivity contribution in [3.05, 3.63) is 28.8 Å². The van der Waals surface area contributed by atoms with Crippen molar-refractivity contribution in [2.45, 2.75) is 58.0 Å². The third-order valence-electron chi connectivity index (χ3n) is 5.19. The summed E-state index contributed by atoms with van der Waals surface area (Å²) in [5.41, 5.74) is 3.96. The Hall–Kier alpha value is -1.02. The lowest BCUT2D eigenvalue weighted by Gasteiger charge is -2.34. The highest BCUT2D eigenvalue weighted by atomic mass is 16.5. The predicted molar refractivity (Wildman–Crippen MR) is 78.7 cm³/mol. The Balaban J connectivity index is 1.88. The summed E-state index contributed by atoms with van der Waals surface area (Å²) in [6, 6.07) is 5.71. The monoisotopic (exact) mass is 259 g/mol. The van der Waals surface area contributed by atoms with Crippen LogP contribution in [0.15, 0.2) is 12.1 Å². The number of hydrogen-bond donors (Lipinski definition) is 1. The number of piperidine rings is 1. The third-order valence-corrected chi connectivity index (χ3v) is 5.19. The summed E-state index contributed by atoms with van der Waals surface area (Å²) < 4.78 is 5.68. The van der Waals surface area contributed by atoms with E-state index in [1.807, 2.05) is 0 Å². The van der Waals surface area contributed by atoms with Crippen molar-refractivity contribution < 1.29 is 4.74 Å². The Kier molecular flexibility index (Phi) is 3.53. The first kappa shape index (κ1) is 13.0. The van der Waals surface area contributed by atoms with Crippen LogP contribution >= 0.6 is 0 Å². The molecule has 3 unspecified atom stereocenters. The van der Waals surface area contributed by atoms with Gasteiger partial charge in [-0.05, 0) is 56.6 Å². The summed E-state index contributed by atoms with van der Waals surface area (Å²) in [7, 11) is 1.80. The van der Waals surface area contributed by atoms with Gasteiger partial charge in [0, 0.05) is 17.6 Å². The van der Waals surface area contributed by atoms with Crippen LogP contribution in [-0.2, 0) is 0 Å². The fourth-order valence-electron chi connectivity index (χ4n) is 3.93. The number of benzene rings is 1. The minimum absolute atomic E-state index is 0.480. The van der Waals surface area contributed by atoms with E-state index < -0.39 is 0 Å². The molecule has 1 heterocycles. The summed E-state index contributed by atoms with van der Waals surface area (Å²) >= 11 is 0. The standard InChI is InChI=1S/C17H25NO/c1-11-7-9-14(17(19-3)12(11)2)16-10-8-13-5-4-6-15(13)18-16/h7,9,13,15-16,18H,4-6,8,10H2,1-3H3. The van der Waals surface area contributed by atoms with Gasteiger partial charge in [-0.25, -0.2) is 0 Å². The molecule has 2 fully saturated rings. The molecule has 1 aromatic rings. The first-order valence-electron chi connectivity index (χ1n) is 7.61. The average molecular weight is 259 g/mol. The van der Waals surface area contributed by atoms with Crippen LogP contribution in [0.4, 0.5) is 0 Å². The molecule has 0 aromatic heterocycles. The van der Waals surface area contributed by atoms with Crippen LogP contribution in [0.1, 0.15) is 54.8 Å². The van der Waals surface area contributed by atoms with Crippen molar-refractivity contribution in [3.8, 4) is 5.75 Å². The minimum Gasteiger partial charge on any atom is -0.496 e. The van der Waals surface area contributed by atoms with E-state index in [2.05, 4.69) is 31.3 Å². The van der Waals surface area contributed by atoms with Gasteiger partial charge in [-0.15, -0.1) is 0 Å². The van der Waals surface area contributed by atoms with Crippen LogP contribution in [0.2, 0.25) is 0 Å². The number of nitrogens with one attached hydrogen (secondary N) is 1. The lowest BCUT2D eigenvalue weighted by atomic mass is 9.86. The van der Waals surface area contributed by atoms with Gasteiger partial charge in [0.1, 0.15) is 5.75 Å². The molecule has 3 atom stereocenters. The largest absolute Gasteiger partial charge is 0.496 e. The molecule has 1 saturated carbocycles. The Bertz CT molecular complexity index is 469. The molecule has 1 aromatic carbocycles. The molecule has 0 amide bonds. The average Bonchev–Trinajstić information content (AvgIpc) is 2.89. The molecule has 19 heavy (non-hydrogen) atoms. The quantitative estimate of drug-likeness (QED) is 0.869. The molecule has 0 spiro atoms. The number of methoxy groups -OCH3 is 1. The Morgan fingerprint density at radius 1 is 1.11 bits per heavy atom. The molecular weight excluding hydrogens is 234 g/mol. The summed E-state index contributed by atoms with van der Waals surface area (Å²) in [4.78, 5) is 0. The van der Waals surface area contributed by atoms with Crippen molar-refractivity contribution in [2.24, 2.45) is 5.92 Å². The van der Waals surface area contributed by atoms with Crippen LogP contribution in [0.3, 0.4) is 0 Å². The van der Waals surface area contributed by atoms with Gasteiger partial charge in [0.25, 0.3) is 0 Å². The van der Waals surface area contributed by atoms with Crippen LogP contribution in [-0.4, -0.2) is 13.2 Å². The number of fused-ring (bicyclic) bond motifs is 1. The highest BCUT2D eigenvalue weighted by molar-refractivity contribution is 5.47. The second-order valence-corrected chi connectivity index (χ2v) is 6.22. The molecule has 1 N–H and O–H groups in total. The van der Waals surface area contributed by atoms with E-state index in [1.54, 1.807) is 7.11 Å². The third kappa shape index (κ3) is 2.27. The molecule has 2 aliphatic rings. The Morgan fingerprint density at radius 3 is 2.74 bits per heavy atom. The van der Waals surface area contributed by atoms with Crippen molar-refractivity contribution in [2.75, 3.05) is 7.11 Å². The van der Waals surface area contributed by atoms with Crippen molar-refractivity contribution in [1.82, 2.24) is 5.32 Å². The highest BCUT2D eigenvalue weighted by Gasteiger charge is 2.34. The molecule has 0 bridgehead atoms. The molecule has 1 aliphatic carbocycles. The van der Waals surface area contributed by atoms with Gasteiger partial charge in [0.05, 0.1) is 7.11 Å². The first-order chi connectivity index (χ1) is 9.20. The van der Waals surface area contributed by atoms with Crippen molar-refractivity contribution in [3.63, 3.8) is 0 Å². The van der Waals surface area contributed by atoms with Gasteiger partial charge in [0.15, 0.2) is 0 Å². The smallest absolute Gasteiger partial charge is 0.126 e. The van der Waals surface area contributed by atoms with Gasteiger partial charge >= 0.3 is 0 Å². The minimum atomic E-state index is 0.480. The van der Waals surface area contributed by atoms with Gasteiger partial charge in [0.2, 0.25) is 0 Å². The fourth-order valence-corrected chi connectivity index (χ4v) is 3.93. The topological polar surface area (TPSA) is 21.3 Å². The molecule has 1 aliphatic heterocycles.